The molecule has 2 atom stereocenters. The molecule has 4 saturated heterocycles. The molecule has 0 amide bonds. The lowest BCUT2D eigenvalue weighted by atomic mass is 10.0. The molecule has 0 spiro atoms. The molecule has 5 heteroatoms. The van der Waals surface area contributed by atoms with Crippen molar-refractivity contribution in [3.05, 3.63) is 35.4 Å². The molecular formula is C15H23N4P. The van der Waals surface area contributed by atoms with Crippen molar-refractivity contribution in [2.24, 2.45) is 0 Å². The second-order valence-electron chi connectivity index (χ2n) is 6.54. The van der Waals surface area contributed by atoms with E-state index in [1.165, 1.54) is 30.0 Å². The third-order valence-electron chi connectivity index (χ3n) is 4.44. The van der Waals surface area contributed by atoms with Gasteiger partial charge in [0.1, 0.15) is 0 Å². The smallest absolute Gasteiger partial charge is 0.0916 e. The Balaban J connectivity index is 1.67. The predicted molar refractivity (Wildman–Crippen MR) is 83.3 cm³/mol. The standard InChI is InChI=1S/C15H23N4P/c1-16(2)7-13-5-3-4-6-14(13)15-18-8-17-9-19(15)12-20(10-17)11-18/h3-6,15H,7-12H2,1-2H3. The third kappa shape index (κ3) is 2.20. The molecule has 0 N–H and O–H groups in total. The second-order valence-corrected chi connectivity index (χ2v) is 8.73. The highest BCUT2D eigenvalue weighted by Gasteiger charge is 2.45. The van der Waals surface area contributed by atoms with E-state index in [0.29, 0.717) is 6.17 Å². The Labute approximate surface area is 122 Å². The number of hydrogen-bond acceptors (Lipinski definition) is 4. The summed E-state index contributed by atoms with van der Waals surface area (Å²) in [6.07, 6.45) is 4.56. The van der Waals surface area contributed by atoms with Gasteiger partial charge in [0.15, 0.2) is 0 Å². The van der Waals surface area contributed by atoms with Crippen LogP contribution in [-0.2, 0) is 6.54 Å². The van der Waals surface area contributed by atoms with Crippen LogP contribution in [-0.4, -0.2) is 65.9 Å². The van der Waals surface area contributed by atoms with Gasteiger partial charge in [-0.25, -0.2) is 0 Å². The van der Waals surface area contributed by atoms with Crippen molar-refractivity contribution >= 4 is 7.92 Å². The lowest BCUT2D eigenvalue weighted by molar-refractivity contribution is -0.0849. The van der Waals surface area contributed by atoms with Crippen LogP contribution in [0.4, 0.5) is 0 Å². The van der Waals surface area contributed by atoms with Crippen molar-refractivity contribution in [2.45, 2.75) is 12.7 Å². The zero-order valence-corrected chi connectivity index (χ0v) is 13.3. The lowest BCUT2D eigenvalue weighted by Crippen LogP contribution is -2.63. The average Bonchev–Trinajstić information content (AvgIpc) is 2.38. The molecule has 1 aromatic carbocycles. The van der Waals surface area contributed by atoms with E-state index in [9.17, 15) is 0 Å². The Morgan fingerprint density at radius 1 is 1.10 bits per heavy atom. The minimum Gasteiger partial charge on any atom is -0.305 e. The molecule has 0 radical (unpaired) electrons. The van der Waals surface area contributed by atoms with Crippen LogP contribution in [0.25, 0.3) is 0 Å². The molecule has 4 aliphatic rings. The van der Waals surface area contributed by atoms with E-state index in [4.69, 9.17) is 0 Å². The Bertz CT molecular complexity index is 476. The van der Waals surface area contributed by atoms with E-state index in [2.05, 4.69) is 58.0 Å². The zero-order valence-electron chi connectivity index (χ0n) is 12.4. The molecular weight excluding hydrogens is 267 g/mol. The van der Waals surface area contributed by atoms with Gasteiger partial charge in [0, 0.05) is 25.4 Å². The highest BCUT2D eigenvalue weighted by molar-refractivity contribution is 7.57. The highest BCUT2D eigenvalue weighted by Crippen LogP contribution is 2.53. The van der Waals surface area contributed by atoms with Gasteiger partial charge in [0.25, 0.3) is 0 Å². The van der Waals surface area contributed by atoms with Gasteiger partial charge in [-0.2, -0.15) is 0 Å². The topological polar surface area (TPSA) is 13.0 Å². The molecule has 0 aromatic heterocycles. The van der Waals surface area contributed by atoms with Crippen LogP contribution < -0.4 is 0 Å². The summed E-state index contributed by atoms with van der Waals surface area (Å²) in [6.45, 7) is 3.36. The monoisotopic (exact) mass is 290 g/mol. The molecule has 5 rings (SSSR count). The van der Waals surface area contributed by atoms with Crippen LogP contribution in [0.5, 0.6) is 0 Å². The molecule has 20 heavy (non-hydrogen) atoms. The quantitative estimate of drug-likeness (QED) is 0.789. The summed E-state index contributed by atoms with van der Waals surface area (Å²) in [6, 6.07) is 9.02. The van der Waals surface area contributed by atoms with Crippen molar-refractivity contribution in [1.82, 2.24) is 19.6 Å². The first kappa shape index (κ1) is 13.2. The Hall–Kier alpha value is -0.510. The van der Waals surface area contributed by atoms with E-state index < -0.39 is 0 Å². The van der Waals surface area contributed by atoms with Crippen molar-refractivity contribution in [2.75, 3.05) is 46.3 Å². The fourth-order valence-electron chi connectivity index (χ4n) is 3.87. The molecule has 4 fully saturated rings. The molecule has 1 aromatic rings. The van der Waals surface area contributed by atoms with Crippen LogP contribution in [0.15, 0.2) is 24.3 Å². The Kier molecular flexibility index (Phi) is 3.32. The van der Waals surface area contributed by atoms with Gasteiger partial charge in [-0.05, 0) is 25.2 Å². The number of nitrogens with zero attached hydrogens (tertiary/aromatic N) is 4. The SMILES string of the molecule is CN(C)Cc1ccccc1C1N2CN3CN1CP(C3)C2. The fraction of sp³-hybridized carbons (Fsp3) is 0.600. The molecule has 108 valence electrons. The average molecular weight is 290 g/mol. The van der Waals surface area contributed by atoms with Crippen molar-refractivity contribution in [3.8, 4) is 0 Å². The summed E-state index contributed by atoms with van der Waals surface area (Å²) in [5, 5.41) is 0. The van der Waals surface area contributed by atoms with E-state index in [1.807, 2.05) is 0 Å². The Morgan fingerprint density at radius 2 is 1.80 bits per heavy atom. The summed E-state index contributed by atoms with van der Waals surface area (Å²) >= 11 is 0. The molecule has 0 saturated carbocycles. The largest absolute Gasteiger partial charge is 0.305 e. The summed E-state index contributed by atoms with van der Waals surface area (Å²) in [5.74, 6) is 0. The van der Waals surface area contributed by atoms with Crippen molar-refractivity contribution in [1.29, 1.82) is 0 Å². The zero-order chi connectivity index (χ0) is 13.7. The van der Waals surface area contributed by atoms with Crippen molar-refractivity contribution < 1.29 is 0 Å². The summed E-state index contributed by atoms with van der Waals surface area (Å²) < 4.78 is 0. The van der Waals surface area contributed by atoms with Crippen LogP contribution in [0.3, 0.4) is 0 Å². The van der Waals surface area contributed by atoms with Gasteiger partial charge in [-0.3, -0.25) is 14.7 Å². The van der Waals surface area contributed by atoms with Crippen LogP contribution >= 0.6 is 7.92 Å². The van der Waals surface area contributed by atoms with Gasteiger partial charge < -0.3 is 4.90 Å². The first-order valence-electron chi connectivity index (χ1n) is 7.36. The maximum Gasteiger partial charge on any atom is 0.0916 e. The number of hydrogen-bond donors (Lipinski definition) is 0. The van der Waals surface area contributed by atoms with Gasteiger partial charge in [0.05, 0.1) is 19.5 Å². The van der Waals surface area contributed by atoms with Gasteiger partial charge >= 0.3 is 0 Å². The molecule has 4 heterocycles. The fourth-order valence-corrected chi connectivity index (χ4v) is 6.40. The van der Waals surface area contributed by atoms with Gasteiger partial charge in [-0.15, -0.1) is 0 Å². The third-order valence-corrected chi connectivity index (χ3v) is 6.76. The Morgan fingerprint density at radius 3 is 2.45 bits per heavy atom. The predicted octanol–water partition coefficient (Wildman–Crippen LogP) is 1.96. The van der Waals surface area contributed by atoms with Crippen LogP contribution in [0.2, 0.25) is 0 Å². The minimum atomic E-state index is 0.212. The van der Waals surface area contributed by atoms with Crippen LogP contribution in [0, 0.1) is 0 Å². The maximum absolute atomic E-state index is 2.69. The van der Waals surface area contributed by atoms with E-state index >= 15 is 0 Å². The highest BCUT2D eigenvalue weighted by atomic mass is 31.1. The first-order chi connectivity index (χ1) is 9.70. The molecule has 2 unspecified atom stereocenters. The summed E-state index contributed by atoms with van der Waals surface area (Å²) in [4.78, 5) is 10.3. The maximum atomic E-state index is 2.69. The molecule has 4 aliphatic heterocycles. The number of rotatable bonds is 3. The van der Waals surface area contributed by atoms with Gasteiger partial charge in [0.2, 0.25) is 0 Å². The minimum absolute atomic E-state index is 0.212. The lowest BCUT2D eigenvalue weighted by Gasteiger charge is -2.59. The van der Waals surface area contributed by atoms with Gasteiger partial charge in [-0.1, -0.05) is 32.2 Å². The van der Waals surface area contributed by atoms with E-state index in [-0.39, 0.29) is 7.92 Å². The van der Waals surface area contributed by atoms with Crippen LogP contribution in [0.1, 0.15) is 17.3 Å². The molecule has 4 bridgehead atoms. The number of benzene rings is 1. The van der Waals surface area contributed by atoms with E-state index in [0.717, 1.165) is 19.9 Å². The summed E-state index contributed by atoms with van der Waals surface area (Å²) in [5.41, 5.74) is 3.01. The van der Waals surface area contributed by atoms with E-state index in [1.54, 1.807) is 0 Å². The molecule has 4 nitrogen and oxygen atoms in total. The van der Waals surface area contributed by atoms with Crippen molar-refractivity contribution in [3.63, 3.8) is 0 Å². The first-order valence-corrected chi connectivity index (χ1v) is 9.26. The normalized spacial score (nSPS) is 38.6. The molecule has 0 aliphatic carbocycles. The second kappa shape index (κ2) is 5.04. The summed E-state index contributed by atoms with van der Waals surface area (Å²) in [7, 11) is 4.52.